The van der Waals surface area contributed by atoms with E-state index in [0.717, 1.165) is 19.3 Å². The van der Waals surface area contributed by atoms with Crippen molar-refractivity contribution in [2.24, 2.45) is 5.84 Å². The van der Waals surface area contributed by atoms with Crippen LogP contribution in [0.2, 0.25) is 0 Å². The smallest absolute Gasteiger partial charge is 0.270 e. The zero-order valence-electron chi connectivity index (χ0n) is 18.2. The van der Waals surface area contributed by atoms with Crippen molar-refractivity contribution in [1.82, 2.24) is 16.1 Å². The van der Waals surface area contributed by atoms with Gasteiger partial charge in [0.15, 0.2) is 0 Å². The van der Waals surface area contributed by atoms with Gasteiger partial charge in [-0.2, -0.15) is 0 Å². The van der Waals surface area contributed by atoms with E-state index >= 15 is 0 Å². The molecule has 0 bridgehead atoms. The summed E-state index contributed by atoms with van der Waals surface area (Å²) in [6, 6.07) is 15.6. The Balaban J connectivity index is 1.77. The molecule has 2 aromatic rings. The van der Waals surface area contributed by atoms with Crippen LogP contribution >= 0.6 is 0 Å². The molecule has 2 amide bonds. The van der Waals surface area contributed by atoms with Gasteiger partial charge < -0.3 is 21.4 Å². The van der Waals surface area contributed by atoms with Gasteiger partial charge in [0.1, 0.15) is 5.70 Å². The lowest BCUT2D eigenvalue weighted by Gasteiger charge is -2.11. The minimum Gasteiger partial charge on any atom is -0.359 e. The maximum atomic E-state index is 12.3. The largest absolute Gasteiger partial charge is 0.359 e. The highest BCUT2D eigenvalue weighted by atomic mass is 16.2. The van der Waals surface area contributed by atoms with Gasteiger partial charge in [-0.1, -0.05) is 42.2 Å². The molecule has 0 heterocycles. The Morgan fingerprint density at radius 3 is 2.62 bits per heavy atom. The first kappa shape index (κ1) is 22.9. The number of rotatable bonds is 9. The van der Waals surface area contributed by atoms with E-state index in [1.165, 1.54) is 11.8 Å². The molecule has 7 heteroatoms. The Morgan fingerprint density at radius 2 is 1.94 bits per heavy atom. The summed E-state index contributed by atoms with van der Waals surface area (Å²) < 4.78 is 0. The molecule has 0 radical (unpaired) electrons. The number of amides is 2. The topological polar surface area (TPSA) is 108 Å². The minimum atomic E-state index is -0.267. The number of carbonyl (C=O) groups excluding carboxylic acids is 2. The van der Waals surface area contributed by atoms with E-state index in [0.29, 0.717) is 29.8 Å². The van der Waals surface area contributed by atoms with Crippen molar-refractivity contribution in [3.8, 4) is 11.8 Å². The molecular weight excluding hydrogens is 402 g/mol. The van der Waals surface area contributed by atoms with E-state index in [1.807, 2.05) is 25.1 Å². The van der Waals surface area contributed by atoms with Gasteiger partial charge in [-0.3, -0.25) is 15.4 Å². The van der Waals surface area contributed by atoms with Crippen molar-refractivity contribution < 1.29 is 9.59 Å². The summed E-state index contributed by atoms with van der Waals surface area (Å²) in [6.07, 6.45) is 5.01. The lowest BCUT2D eigenvalue weighted by Crippen LogP contribution is -2.36. The zero-order chi connectivity index (χ0) is 22.8. The average molecular weight is 432 g/mol. The van der Waals surface area contributed by atoms with Crippen LogP contribution in [0.15, 0.2) is 60.4 Å². The third-order valence-electron chi connectivity index (χ3n) is 4.91. The Hall–Kier alpha value is -3.76. The van der Waals surface area contributed by atoms with Gasteiger partial charge in [0.05, 0.1) is 5.69 Å². The van der Waals surface area contributed by atoms with E-state index < -0.39 is 0 Å². The number of nitrogens with two attached hydrogens (primary N) is 1. The predicted octanol–water partition coefficient (Wildman–Crippen LogP) is 2.42. The summed E-state index contributed by atoms with van der Waals surface area (Å²) in [4.78, 5) is 24.5. The summed E-state index contributed by atoms with van der Waals surface area (Å²) in [5, 5.41) is 8.77. The molecule has 0 aromatic heterocycles. The molecule has 0 atom stereocenters. The second kappa shape index (κ2) is 11.6. The number of nitrogens with one attached hydrogen (secondary N) is 4. The van der Waals surface area contributed by atoms with Crippen molar-refractivity contribution in [1.29, 1.82) is 0 Å². The quantitative estimate of drug-likeness (QED) is 0.181. The van der Waals surface area contributed by atoms with Crippen LogP contribution in [0.25, 0.3) is 0 Å². The Bertz CT molecular complexity index is 1030. The Labute approximate surface area is 188 Å². The molecule has 0 spiro atoms. The highest BCUT2D eigenvalue weighted by Crippen LogP contribution is 2.20. The lowest BCUT2D eigenvalue weighted by atomic mass is 10.1. The lowest BCUT2D eigenvalue weighted by molar-refractivity contribution is -0.118. The van der Waals surface area contributed by atoms with Gasteiger partial charge in [-0.15, -0.1) is 0 Å². The fourth-order valence-corrected chi connectivity index (χ4v) is 3.00. The monoisotopic (exact) mass is 431 g/mol. The summed E-state index contributed by atoms with van der Waals surface area (Å²) in [5.41, 5.74) is 5.73. The summed E-state index contributed by atoms with van der Waals surface area (Å²) in [5.74, 6) is 11.4. The van der Waals surface area contributed by atoms with Crippen molar-refractivity contribution in [3.05, 3.63) is 77.1 Å². The SMILES string of the molecule is CCNC(=O)c1ccc(N/C=C(\NN)C(=O)NC2CC2)c(C#CCCc2ccccc2)c1. The number of anilines is 1. The molecule has 0 saturated heterocycles. The molecule has 0 unspecified atom stereocenters. The van der Waals surface area contributed by atoms with Crippen LogP contribution in [0, 0.1) is 11.8 Å². The van der Waals surface area contributed by atoms with E-state index in [-0.39, 0.29) is 23.6 Å². The zero-order valence-corrected chi connectivity index (χ0v) is 18.2. The standard InChI is InChI=1S/C25H29N5O2/c1-2-27-24(31)20-12-15-22(28-17-23(30-26)25(32)29-21-13-14-21)19(16-20)11-7-6-10-18-8-4-3-5-9-18/h3-5,8-9,12,15-17,21,28,30H,2,6,10,13-14,26H2,1H3,(H,27,31)(H,29,32)/b23-17-. The molecule has 32 heavy (non-hydrogen) atoms. The van der Waals surface area contributed by atoms with Gasteiger partial charge in [-0.25, -0.2) is 0 Å². The first-order valence-electron chi connectivity index (χ1n) is 10.8. The van der Waals surface area contributed by atoms with Gasteiger partial charge >= 0.3 is 0 Å². The second-order valence-corrected chi connectivity index (χ2v) is 7.50. The maximum Gasteiger partial charge on any atom is 0.270 e. The van der Waals surface area contributed by atoms with Gasteiger partial charge in [0.2, 0.25) is 0 Å². The minimum absolute atomic E-state index is 0.157. The van der Waals surface area contributed by atoms with Gasteiger partial charge in [0, 0.05) is 36.3 Å². The average Bonchev–Trinajstić information content (AvgIpc) is 3.62. The third-order valence-corrected chi connectivity index (χ3v) is 4.91. The Morgan fingerprint density at radius 1 is 1.16 bits per heavy atom. The number of hydrazine groups is 1. The number of benzene rings is 2. The molecule has 1 fully saturated rings. The van der Waals surface area contributed by atoms with Crippen molar-refractivity contribution in [2.75, 3.05) is 11.9 Å². The summed E-state index contributed by atoms with van der Waals surface area (Å²) >= 11 is 0. The third kappa shape index (κ3) is 6.89. The molecule has 0 aliphatic heterocycles. The normalized spacial score (nSPS) is 12.9. The fraction of sp³-hybridized carbons (Fsp3) is 0.280. The van der Waals surface area contributed by atoms with E-state index in [1.54, 1.807) is 18.2 Å². The number of carbonyl (C=O) groups is 2. The first-order valence-corrected chi connectivity index (χ1v) is 10.8. The van der Waals surface area contributed by atoms with Crippen LogP contribution in [0.4, 0.5) is 5.69 Å². The van der Waals surface area contributed by atoms with E-state index in [9.17, 15) is 9.59 Å². The van der Waals surface area contributed by atoms with Crippen LogP contribution in [-0.4, -0.2) is 24.4 Å². The summed E-state index contributed by atoms with van der Waals surface area (Å²) in [6.45, 7) is 2.41. The van der Waals surface area contributed by atoms with Crippen LogP contribution in [0.3, 0.4) is 0 Å². The first-order chi connectivity index (χ1) is 15.6. The fourth-order valence-electron chi connectivity index (χ4n) is 3.00. The van der Waals surface area contributed by atoms with Crippen LogP contribution in [0.5, 0.6) is 0 Å². The van der Waals surface area contributed by atoms with Crippen molar-refractivity contribution in [2.45, 2.75) is 38.6 Å². The van der Waals surface area contributed by atoms with Crippen molar-refractivity contribution in [3.63, 3.8) is 0 Å². The number of hydrogen-bond acceptors (Lipinski definition) is 5. The molecular formula is C25H29N5O2. The van der Waals surface area contributed by atoms with Crippen molar-refractivity contribution >= 4 is 17.5 Å². The number of hydrogen-bond donors (Lipinski definition) is 5. The highest BCUT2D eigenvalue weighted by Gasteiger charge is 2.24. The second-order valence-electron chi connectivity index (χ2n) is 7.50. The number of aryl methyl sites for hydroxylation is 1. The highest BCUT2D eigenvalue weighted by molar-refractivity contribution is 5.95. The van der Waals surface area contributed by atoms with E-state index in [2.05, 4.69) is 45.3 Å². The van der Waals surface area contributed by atoms with E-state index in [4.69, 9.17) is 5.84 Å². The predicted molar refractivity (Wildman–Crippen MR) is 126 cm³/mol. The molecule has 1 aliphatic carbocycles. The Kier molecular flexibility index (Phi) is 8.29. The molecule has 166 valence electrons. The molecule has 1 aliphatic rings. The van der Waals surface area contributed by atoms with Gasteiger partial charge in [0.25, 0.3) is 11.8 Å². The molecule has 2 aromatic carbocycles. The molecule has 7 nitrogen and oxygen atoms in total. The van der Waals surface area contributed by atoms with Crippen LogP contribution < -0.4 is 27.2 Å². The maximum absolute atomic E-state index is 12.3. The van der Waals surface area contributed by atoms with Crippen LogP contribution in [0.1, 0.15) is 47.7 Å². The van der Waals surface area contributed by atoms with Crippen LogP contribution in [-0.2, 0) is 11.2 Å². The molecule has 6 N–H and O–H groups in total. The molecule has 1 saturated carbocycles. The molecule has 3 rings (SSSR count). The van der Waals surface area contributed by atoms with Gasteiger partial charge in [-0.05, 0) is 49.9 Å². The summed E-state index contributed by atoms with van der Waals surface area (Å²) in [7, 11) is 0.